The highest BCUT2D eigenvalue weighted by atomic mass is 16.5. The van der Waals surface area contributed by atoms with Crippen molar-refractivity contribution >= 4 is 6.03 Å². The van der Waals surface area contributed by atoms with Crippen molar-refractivity contribution in [3.8, 4) is 5.75 Å². The number of urea groups is 1. The predicted octanol–water partition coefficient (Wildman–Crippen LogP) is 2.00. The largest absolute Gasteiger partial charge is 0.491 e. The van der Waals surface area contributed by atoms with E-state index in [1.165, 1.54) is 25.8 Å². The summed E-state index contributed by atoms with van der Waals surface area (Å²) < 4.78 is 4.87. The minimum Gasteiger partial charge on any atom is -0.491 e. The number of amides is 2. The van der Waals surface area contributed by atoms with Gasteiger partial charge in [-0.25, -0.2) is 4.79 Å². The molecule has 2 N–H and O–H groups in total. The van der Waals surface area contributed by atoms with Crippen LogP contribution < -0.4 is 15.5 Å². The maximum atomic E-state index is 12.1. The molecule has 0 saturated heterocycles. The van der Waals surface area contributed by atoms with Gasteiger partial charge in [-0.3, -0.25) is 4.79 Å². The Bertz CT molecular complexity index is 616. The van der Waals surface area contributed by atoms with Crippen LogP contribution in [0.2, 0.25) is 0 Å². The summed E-state index contributed by atoms with van der Waals surface area (Å²) in [6.07, 6.45) is 6.65. The number of H-pyrrole nitrogens is 1. The standard InChI is InChI=1S/C14H19N5O3/c1-22-13-8-16-11(7-12(13)20)9-19(18-15)14(21)17-10-5-3-2-4-6-10/h7-8,10H,2-6,9H2,1H3,(H-,16,17,20,21)/p+1. The van der Waals surface area contributed by atoms with Gasteiger partial charge in [0.15, 0.2) is 5.75 Å². The molecule has 0 aromatic carbocycles. The van der Waals surface area contributed by atoms with Crippen LogP contribution in [-0.4, -0.2) is 29.2 Å². The topological polar surface area (TPSA) is 103 Å². The molecule has 8 nitrogen and oxygen atoms in total. The number of diazo groups is 1. The molecule has 1 aromatic rings. The molecule has 0 spiro atoms. The summed E-state index contributed by atoms with van der Waals surface area (Å²) in [7, 11) is 1.40. The fourth-order valence-corrected chi connectivity index (χ4v) is 2.55. The summed E-state index contributed by atoms with van der Waals surface area (Å²) in [6.45, 7) is -0.0334. The van der Waals surface area contributed by atoms with Gasteiger partial charge in [0.1, 0.15) is 6.54 Å². The van der Waals surface area contributed by atoms with Crippen LogP contribution in [0.5, 0.6) is 5.75 Å². The molecule has 22 heavy (non-hydrogen) atoms. The fraction of sp³-hybridized carbons (Fsp3) is 0.571. The van der Waals surface area contributed by atoms with E-state index < -0.39 is 6.03 Å². The molecule has 1 aliphatic rings. The Balaban J connectivity index is 1.99. The Hall–Kier alpha value is -2.56. The summed E-state index contributed by atoms with van der Waals surface area (Å²) >= 11 is 0. The molecule has 1 heterocycles. The first-order valence-corrected chi connectivity index (χ1v) is 7.32. The number of aromatic nitrogens is 1. The van der Waals surface area contributed by atoms with E-state index in [2.05, 4.69) is 15.4 Å². The molecule has 0 aliphatic heterocycles. The molecular weight excluding hydrogens is 286 g/mol. The van der Waals surface area contributed by atoms with Crippen LogP contribution in [0.4, 0.5) is 4.79 Å². The number of ether oxygens (including phenoxy) is 1. The second kappa shape index (κ2) is 7.45. The Kier molecular flexibility index (Phi) is 5.36. The highest BCUT2D eigenvalue weighted by molar-refractivity contribution is 5.74. The minimum absolute atomic E-state index is 0.0334. The zero-order chi connectivity index (χ0) is 15.9. The SMILES string of the molecule is COc1c[nH]c(CN([N+]#N)C(=O)NC2CCCCC2)cc1=O. The van der Waals surface area contributed by atoms with Crippen LogP contribution in [-0.2, 0) is 6.54 Å². The maximum absolute atomic E-state index is 12.1. The fourth-order valence-electron chi connectivity index (χ4n) is 2.55. The zero-order valence-electron chi connectivity index (χ0n) is 12.5. The van der Waals surface area contributed by atoms with E-state index in [9.17, 15) is 9.59 Å². The molecule has 1 fully saturated rings. The van der Waals surface area contributed by atoms with Crippen molar-refractivity contribution in [3.63, 3.8) is 0 Å². The second-order valence-corrected chi connectivity index (χ2v) is 5.32. The van der Waals surface area contributed by atoms with Crippen molar-refractivity contribution in [1.29, 1.82) is 5.39 Å². The van der Waals surface area contributed by atoms with Crippen LogP contribution in [0.15, 0.2) is 17.1 Å². The highest BCUT2D eigenvalue weighted by Gasteiger charge is 2.28. The lowest BCUT2D eigenvalue weighted by atomic mass is 9.96. The number of carbonyl (C=O) groups is 1. The number of methoxy groups -OCH3 is 1. The van der Waals surface area contributed by atoms with Crippen molar-refractivity contribution in [3.05, 3.63) is 33.3 Å². The summed E-state index contributed by atoms with van der Waals surface area (Å²) in [4.78, 5) is 26.6. The summed E-state index contributed by atoms with van der Waals surface area (Å²) in [5, 5.41) is 15.7. The number of pyridine rings is 1. The van der Waals surface area contributed by atoms with E-state index in [1.54, 1.807) is 0 Å². The number of hydrogen-bond acceptors (Lipinski definition) is 4. The molecule has 1 saturated carbocycles. The summed E-state index contributed by atoms with van der Waals surface area (Å²) in [6, 6.07) is 0.941. The van der Waals surface area contributed by atoms with Crippen molar-refractivity contribution in [2.75, 3.05) is 7.11 Å². The number of carbonyl (C=O) groups excluding carboxylic acids is 1. The molecule has 0 bridgehead atoms. The van der Waals surface area contributed by atoms with Crippen molar-refractivity contribution in [1.82, 2.24) is 15.3 Å². The van der Waals surface area contributed by atoms with Gasteiger partial charge in [-0.05, 0) is 12.8 Å². The molecular formula is C14H20N5O3+. The highest BCUT2D eigenvalue weighted by Crippen LogP contribution is 2.17. The summed E-state index contributed by atoms with van der Waals surface area (Å²) in [5.41, 5.74) is 0.143. The van der Waals surface area contributed by atoms with Gasteiger partial charge < -0.3 is 15.0 Å². The van der Waals surface area contributed by atoms with E-state index in [0.717, 1.165) is 30.7 Å². The van der Waals surface area contributed by atoms with Gasteiger partial charge in [0.25, 0.3) is 5.39 Å². The Morgan fingerprint density at radius 3 is 2.82 bits per heavy atom. The van der Waals surface area contributed by atoms with E-state index in [1.807, 2.05) is 0 Å². The minimum atomic E-state index is -0.480. The third-order valence-electron chi connectivity index (χ3n) is 3.75. The lowest BCUT2D eigenvalue weighted by Crippen LogP contribution is -2.42. The van der Waals surface area contributed by atoms with E-state index >= 15 is 0 Å². The van der Waals surface area contributed by atoms with Gasteiger partial charge in [-0.15, -0.1) is 0 Å². The van der Waals surface area contributed by atoms with E-state index in [4.69, 9.17) is 10.1 Å². The van der Waals surface area contributed by atoms with Crippen molar-refractivity contribution < 1.29 is 9.53 Å². The molecule has 0 unspecified atom stereocenters. The molecule has 1 aliphatic carbocycles. The number of nitrogens with one attached hydrogen (secondary N) is 2. The third kappa shape index (κ3) is 3.97. The number of rotatable bonds is 4. The van der Waals surface area contributed by atoms with Gasteiger partial charge in [-0.2, -0.15) is 0 Å². The first-order valence-electron chi connectivity index (χ1n) is 7.32. The van der Waals surface area contributed by atoms with Crippen molar-refractivity contribution in [2.24, 2.45) is 0 Å². The molecule has 0 atom stereocenters. The molecule has 118 valence electrons. The average Bonchev–Trinajstić information content (AvgIpc) is 2.53. The van der Waals surface area contributed by atoms with Gasteiger partial charge in [0.2, 0.25) is 5.43 Å². The smallest absolute Gasteiger partial charge is 0.391 e. The quantitative estimate of drug-likeness (QED) is 0.656. The molecule has 1 aromatic heterocycles. The van der Waals surface area contributed by atoms with Crippen LogP contribution in [0.3, 0.4) is 0 Å². The van der Waals surface area contributed by atoms with Gasteiger partial charge in [-0.1, -0.05) is 19.3 Å². The first-order chi connectivity index (χ1) is 10.6. The average molecular weight is 306 g/mol. The predicted molar refractivity (Wildman–Crippen MR) is 79.6 cm³/mol. The normalized spacial score (nSPS) is 14.9. The second-order valence-electron chi connectivity index (χ2n) is 5.32. The zero-order valence-corrected chi connectivity index (χ0v) is 12.5. The lowest BCUT2D eigenvalue weighted by molar-refractivity contribution is 0.203. The Labute approximate surface area is 128 Å². The number of nitrogens with zero attached hydrogens (tertiary/aromatic N) is 3. The van der Waals surface area contributed by atoms with Gasteiger partial charge in [0.05, 0.1) is 12.1 Å². The molecule has 2 amide bonds. The van der Waals surface area contributed by atoms with E-state index in [0.29, 0.717) is 5.69 Å². The number of aromatic amines is 1. The monoisotopic (exact) mass is 306 g/mol. The molecule has 0 radical (unpaired) electrons. The number of hydrogen-bond donors (Lipinski definition) is 2. The van der Waals surface area contributed by atoms with Gasteiger partial charge >= 0.3 is 11.1 Å². The Morgan fingerprint density at radius 1 is 1.50 bits per heavy atom. The van der Waals surface area contributed by atoms with Crippen molar-refractivity contribution in [2.45, 2.75) is 44.7 Å². The third-order valence-corrected chi connectivity index (χ3v) is 3.75. The lowest BCUT2D eigenvalue weighted by Gasteiger charge is -2.22. The van der Waals surface area contributed by atoms with Crippen LogP contribution in [0, 0.1) is 5.39 Å². The van der Waals surface area contributed by atoms with Gasteiger partial charge in [0, 0.05) is 24.0 Å². The Morgan fingerprint density at radius 2 is 2.23 bits per heavy atom. The summed E-state index contributed by atoms with van der Waals surface area (Å²) in [5.74, 6) is 0.183. The van der Waals surface area contributed by atoms with Crippen LogP contribution in [0.25, 0.3) is 5.08 Å². The van der Waals surface area contributed by atoms with Crippen LogP contribution >= 0.6 is 0 Å². The van der Waals surface area contributed by atoms with E-state index in [-0.39, 0.29) is 23.8 Å². The molecule has 8 heteroatoms. The molecule has 2 rings (SSSR count). The maximum Gasteiger partial charge on any atom is 0.391 e. The van der Waals surface area contributed by atoms with Crippen LogP contribution in [0.1, 0.15) is 37.8 Å². The first kappa shape index (κ1) is 15.8.